The van der Waals surface area contributed by atoms with Crippen molar-refractivity contribution in [2.75, 3.05) is 5.32 Å². The van der Waals surface area contributed by atoms with Crippen molar-refractivity contribution in [2.45, 2.75) is 39.2 Å². The molecule has 3 unspecified atom stereocenters. The van der Waals surface area contributed by atoms with Crippen LogP contribution in [0.5, 0.6) is 0 Å². The number of benzene rings is 1. The van der Waals surface area contributed by atoms with Gasteiger partial charge in [-0.3, -0.25) is 0 Å². The molecule has 0 saturated heterocycles. The van der Waals surface area contributed by atoms with Crippen molar-refractivity contribution in [1.82, 2.24) is 14.8 Å². The second kappa shape index (κ2) is 5.65. The van der Waals surface area contributed by atoms with E-state index in [9.17, 15) is 0 Å². The van der Waals surface area contributed by atoms with E-state index in [0.717, 1.165) is 17.5 Å². The zero-order chi connectivity index (χ0) is 13.9. The highest BCUT2D eigenvalue weighted by atomic mass is 15.3. The van der Waals surface area contributed by atoms with Gasteiger partial charge in [-0.05, 0) is 55.4 Å². The SMILES string of the molecule is CC1CCC(Nc2ccc(-n3cncn3)cc2)CC1C. The molecule has 4 nitrogen and oxygen atoms in total. The van der Waals surface area contributed by atoms with E-state index in [0.29, 0.717) is 6.04 Å². The molecule has 106 valence electrons. The van der Waals surface area contributed by atoms with E-state index in [1.165, 1.54) is 24.9 Å². The Labute approximate surface area is 120 Å². The Morgan fingerprint density at radius 2 is 1.90 bits per heavy atom. The fourth-order valence-electron chi connectivity index (χ4n) is 2.97. The minimum Gasteiger partial charge on any atom is -0.382 e. The smallest absolute Gasteiger partial charge is 0.138 e. The van der Waals surface area contributed by atoms with E-state index in [-0.39, 0.29) is 0 Å². The molecule has 0 spiro atoms. The second-order valence-electron chi connectivity index (χ2n) is 6.00. The number of hydrogen-bond donors (Lipinski definition) is 1. The van der Waals surface area contributed by atoms with Crippen LogP contribution in [0.2, 0.25) is 0 Å². The van der Waals surface area contributed by atoms with Crippen molar-refractivity contribution >= 4 is 5.69 Å². The van der Waals surface area contributed by atoms with Crippen LogP contribution < -0.4 is 5.32 Å². The summed E-state index contributed by atoms with van der Waals surface area (Å²) in [5.74, 6) is 1.68. The van der Waals surface area contributed by atoms with Gasteiger partial charge >= 0.3 is 0 Å². The van der Waals surface area contributed by atoms with Crippen molar-refractivity contribution in [3.63, 3.8) is 0 Å². The summed E-state index contributed by atoms with van der Waals surface area (Å²) in [7, 11) is 0. The molecule has 0 aliphatic heterocycles. The summed E-state index contributed by atoms with van der Waals surface area (Å²) in [6.07, 6.45) is 7.14. The van der Waals surface area contributed by atoms with Gasteiger partial charge in [0.15, 0.2) is 0 Å². The van der Waals surface area contributed by atoms with Gasteiger partial charge < -0.3 is 5.32 Å². The molecule has 1 aliphatic carbocycles. The van der Waals surface area contributed by atoms with Crippen molar-refractivity contribution in [2.24, 2.45) is 11.8 Å². The maximum Gasteiger partial charge on any atom is 0.138 e. The summed E-state index contributed by atoms with van der Waals surface area (Å²) in [4.78, 5) is 3.97. The van der Waals surface area contributed by atoms with Crippen LogP contribution in [0.4, 0.5) is 5.69 Å². The molecular formula is C16H22N4. The zero-order valence-corrected chi connectivity index (χ0v) is 12.2. The van der Waals surface area contributed by atoms with Crippen LogP contribution in [0.3, 0.4) is 0 Å². The largest absolute Gasteiger partial charge is 0.382 e. The fraction of sp³-hybridized carbons (Fsp3) is 0.500. The van der Waals surface area contributed by atoms with Gasteiger partial charge in [0.05, 0.1) is 5.69 Å². The zero-order valence-electron chi connectivity index (χ0n) is 12.2. The average Bonchev–Trinajstić information content (AvgIpc) is 2.98. The van der Waals surface area contributed by atoms with Gasteiger partial charge in [-0.25, -0.2) is 9.67 Å². The molecule has 1 saturated carbocycles. The second-order valence-corrected chi connectivity index (χ2v) is 6.00. The molecule has 1 aromatic heterocycles. The molecule has 0 radical (unpaired) electrons. The standard InChI is InChI=1S/C16H22N4/c1-12-3-4-15(9-13(12)2)19-14-5-7-16(8-6-14)20-11-17-10-18-20/h5-8,10-13,15,19H,3-4,9H2,1-2H3. The molecule has 1 aliphatic rings. The molecule has 2 aromatic rings. The Morgan fingerprint density at radius 1 is 1.10 bits per heavy atom. The predicted molar refractivity (Wildman–Crippen MR) is 80.9 cm³/mol. The molecule has 1 N–H and O–H groups in total. The number of hydrogen-bond acceptors (Lipinski definition) is 3. The molecular weight excluding hydrogens is 248 g/mol. The third-order valence-electron chi connectivity index (χ3n) is 4.52. The quantitative estimate of drug-likeness (QED) is 0.928. The van der Waals surface area contributed by atoms with Crippen LogP contribution in [-0.2, 0) is 0 Å². The van der Waals surface area contributed by atoms with Gasteiger partial charge in [0.2, 0.25) is 0 Å². The van der Waals surface area contributed by atoms with Crippen LogP contribution in [0.1, 0.15) is 33.1 Å². The van der Waals surface area contributed by atoms with Gasteiger partial charge in [-0.2, -0.15) is 5.10 Å². The molecule has 1 heterocycles. The van der Waals surface area contributed by atoms with E-state index in [1.807, 2.05) is 0 Å². The number of aromatic nitrogens is 3. The van der Waals surface area contributed by atoms with Gasteiger partial charge in [0.1, 0.15) is 12.7 Å². The van der Waals surface area contributed by atoms with E-state index < -0.39 is 0 Å². The number of nitrogens with zero attached hydrogens (tertiary/aromatic N) is 3. The molecule has 3 rings (SSSR count). The highest BCUT2D eigenvalue weighted by molar-refractivity contribution is 5.49. The Kier molecular flexibility index (Phi) is 3.72. The molecule has 1 fully saturated rings. The molecule has 0 amide bonds. The van der Waals surface area contributed by atoms with Crippen LogP contribution in [0.25, 0.3) is 5.69 Å². The molecule has 3 atom stereocenters. The van der Waals surface area contributed by atoms with Crippen molar-refractivity contribution in [3.8, 4) is 5.69 Å². The van der Waals surface area contributed by atoms with Gasteiger partial charge in [0, 0.05) is 11.7 Å². The van der Waals surface area contributed by atoms with Crippen LogP contribution in [-0.4, -0.2) is 20.8 Å². The number of nitrogens with one attached hydrogen (secondary N) is 1. The minimum absolute atomic E-state index is 0.610. The van der Waals surface area contributed by atoms with Crippen LogP contribution >= 0.6 is 0 Å². The van der Waals surface area contributed by atoms with Crippen LogP contribution in [0, 0.1) is 11.8 Å². The van der Waals surface area contributed by atoms with E-state index in [1.54, 1.807) is 17.3 Å². The Bertz CT molecular complexity index is 532. The first-order valence-corrected chi connectivity index (χ1v) is 7.44. The first-order chi connectivity index (χ1) is 9.72. The lowest BCUT2D eigenvalue weighted by molar-refractivity contribution is 0.261. The molecule has 20 heavy (non-hydrogen) atoms. The van der Waals surface area contributed by atoms with Crippen molar-refractivity contribution in [3.05, 3.63) is 36.9 Å². The monoisotopic (exact) mass is 270 g/mol. The topological polar surface area (TPSA) is 42.7 Å². The summed E-state index contributed by atoms with van der Waals surface area (Å²) in [5, 5.41) is 7.79. The third-order valence-corrected chi connectivity index (χ3v) is 4.52. The van der Waals surface area contributed by atoms with Crippen molar-refractivity contribution < 1.29 is 0 Å². The molecule has 1 aromatic carbocycles. The average molecular weight is 270 g/mol. The Hall–Kier alpha value is -1.84. The van der Waals surface area contributed by atoms with E-state index >= 15 is 0 Å². The van der Waals surface area contributed by atoms with Crippen LogP contribution in [0.15, 0.2) is 36.9 Å². The lowest BCUT2D eigenvalue weighted by atomic mass is 9.79. The fourth-order valence-corrected chi connectivity index (χ4v) is 2.97. The predicted octanol–water partition coefficient (Wildman–Crippen LogP) is 3.50. The van der Waals surface area contributed by atoms with Gasteiger partial charge in [-0.1, -0.05) is 13.8 Å². The summed E-state index contributed by atoms with van der Waals surface area (Å²) >= 11 is 0. The van der Waals surface area contributed by atoms with E-state index in [2.05, 4.69) is 53.5 Å². The Morgan fingerprint density at radius 3 is 2.55 bits per heavy atom. The molecule has 0 bridgehead atoms. The van der Waals surface area contributed by atoms with E-state index in [4.69, 9.17) is 0 Å². The lowest BCUT2D eigenvalue weighted by Crippen LogP contribution is -2.30. The summed E-state index contributed by atoms with van der Waals surface area (Å²) < 4.78 is 1.77. The van der Waals surface area contributed by atoms with Gasteiger partial charge in [-0.15, -0.1) is 0 Å². The summed E-state index contributed by atoms with van der Waals surface area (Å²) in [5.41, 5.74) is 2.24. The first-order valence-electron chi connectivity index (χ1n) is 7.44. The van der Waals surface area contributed by atoms with Gasteiger partial charge in [0.25, 0.3) is 0 Å². The highest BCUT2D eigenvalue weighted by Gasteiger charge is 2.24. The minimum atomic E-state index is 0.610. The Balaban J connectivity index is 1.64. The number of anilines is 1. The third kappa shape index (κ3) is 2.84. The number of rotatable bonds is 3. The maximum atomic E-state index is 4.14. The summed E-state index contributed by atoms with van der Waals surface area (Å²) in [6.45, 7) is 4.74. The highest BCUT2D eigenvalue weighted by Crippen LogP contribution is 2.31. The van der Waals surface area contributed by atoms with Crippen molar-refractivity contribution in [1.29, 1.82) is 0 Å². The normalized spacial score (nSPS) is 26.4. The summed E-state index contributed by atoms with van der Waals surface area (Å²) in [6, 6.07) is 9.01. The maximum absolute atomic E-state index is 4.14. The first kappa shape index (κ1) is 13.2. The lowest BCUT2D eigenvalue weighted by Gasteiger charge is -2.33. The molecule has 4 heteroatoms.